The first-order chi connectivity index (χ1) is 6.78. The van der Waals surface area contributed by atoms with Gasteiger partial charge in [0.1, 0.15) is 0 Å². The highest BCUT2D eigenvalue weighted by atomic mass is 16.3. The van der Waals surface area contributed by atoms with Crippen LogP contribution in [-0.4, -0.2) is 39.7 Å². The summed E-state index contributed by atoms with van der Waals surface area (Å²) in [4.78, 5) is 10.7. The number of aromatic nitrogens is 2. The molecule has 0 unspecified atom stereocenters. The zero-order valence-corrected chi connectivity index (χ0v) is 8.35. The topological polar surface area (TPSA) is 49.2 Å². The highest BCUT2D eigenvalue weighted by Crippen LogP contribution is 2.16. The average Bonchev–Trinajstić information content (AvgIpc) is 2.13. The van der Waals surface area contributed by atoms with Gasteiger partial charge < -0.3 is 5.11 Å². The predicted molar refractivity (Wildman–Crippen MR) is 52.6 cm³/mol. The van der Waals surface area contributed by atoms with E-state index in [1.54, 1.807) is 6.20 Å². The summed E-state index contributed by atoms with van der Waals surface area (Å²) >= 11 is 0. The second-order valence-corrected chi connectivity index (χ2v) is 3.89. The first-order valence-electron chi connectivity index (χ1n) is 4.88. The van der Waals surface area contributed by atoms with Gasteiger partial charge in [-0.2, -0.15) is 0 Å². The van der Waals surface area contributed by atoms with Gasteiger partial charge in [-0.05, 0) is 6.92 Å². The summed E-state index contributed by atoms with van der Waals surface area (Å²) in [5, 5.41) is 8.85. The molecule has 2 heterocycles. The maximum absolute atomic E-state index is 8.85. The van der Waals surface area contributed by atoms with Crippen molar-refractivity contribution in [3.8, 4) is 0 Å². The van der Waals surface area contributed by atoms with Crippen molar-refractivity contribution in [2.75, 3.05) is 19.7 Å². The van der Waals surface area contributed by atoms with E-state index in [0.717, 1.165) is 31.0 Å². The van der Waals surface area contributed by atoms with Crippen molar-refractivity contribution >= 4 is 0 Å². The monoisotopic (exact) mass is 193 g/mol. The molecule has 0 spiro atoms. The third-order valence-corrected chi connectivity index (χ3v) is 2.51. The molecule has 0 radical (unpaired) electrons. The van der Waals surface area contributed by atoms with Gasteiger partial charge in [0.05, 0.1) is 11.4 Å². The lowest BCUT2D eigenvalue weighted by atomic mass is 10.0. The third-order valence-electron chi connectivity index (χ3n) is 2.51. The van der Waals surface area contributed by atoms with Crippen LogP contribution < -0.4 is 0 Å². The molecule has 4 nitrogen and oxygen atoms in total. The standard InChI is InChI=1S/C10H15N3O/c1-8-2-12-10(3-11-8)6-13-4-9(5-13)7-14/h2-3,9,14H,4-7H2,1H3. The molecule has 0 atom stereocenters. The number of aliphatic hydroxyl groups excluding tert-OH is 1. The molecule has 0 saturated carbocycles. The van der Waals surface area contributed by atoms with Crippen molar-refractivity contribution in [1.29, 1.82) is 0 Å². The Balaban J connectivity index is 1.84. The molecule has 1 aliphatic heterocycles. The fourth-order valence-electron chi connectivity index (χ4n) is 1.65. The van der Waals surface area contributed by atoms with E-state index >= 15 is 0 Å². The quantitative estimate of drug-likeness (QED) is 0.745. The fraction of sp³-hybridized carbons (Fsp3) is 0.600. The molecule has 2 rings (SSSR count). The van der Waals surface area contributed by atoms with E-state index in [1.165, 1.54) is 0 Å². The number of aliphatic hydroxyl groups is 1. The molecule has 0 aromatic carbocycles. The van der Waals surface area contributed by atoms with Crippen molar-refractivity contribution in [2.24, 2.45) is 5.92 Å². The van der Waals surface area contributed by atoms with Crippen LogP contribution in [-0.2, 0) is 6.54 Å². The van der Waals surface area contributed by atoms with Crippen LogP contribution in [0.25, 0.3) is 0 Å². The van der Waals surface area contributed by atoms with Crippen molar-refractivity contribution in [2.45, 2.75) is 13.5 Å². The molecule has 0 amide bonds. The lowest BCUT2D eigenvalue weighted by Gasteiger charge is -2.37. The number of rotatable bonds is 3. The van der Waals surface area contributed by atoms with Crippen LogP contribution in [0.3, 0.4) is 0 Å². The molecule has 1 saturated heterocycles. The maximum atomic E-state index is 8.85. The Morgan fingerprint density at radius 2 is 2.21 bits per heavy atom. The number of nitrogens with zero attached hydrogens (tertiary/aromatic N) is 3. The molecule has 1 aliphatic rings. The Bertz CT molecular complexity index is 293. The summed E-state index contributed by atoms with van der Waals surface area (Å²) in [7, 11) is 0. The van der Waals surface area contributed by atoms with E-state index in [2.05, 4.69) is 14.9 Å². The maximum Gasteiger partial charge on any atom is 0.0727 e. The van der Waals surface area contributed by atoms with Gasteiger partial charge in [-0.15, -0.1) is 0 Å². The first kappa shape index (κ1) is 9.55. The normalized spacial score (nSPS) is 18.1. The van der Waals surface area contributed by atoms with E-state index in [1.807, 2.05) is 13.1 Å². The van der Waals surface area contributed by atoms with Gasteiger partial charge in [-0.25, -0.2) is 0 Å². The molecule has 1 N–H and O–H groups in total. The van der Waals surface area contributed by atoms with Crippen LogP contribution in [0.2, 0.25) is 0 Å². The van der Waals surface area contributed by atoms with Gasteiger partial charge in [-0.1, -0.05) is 0 Å². The van der Waals surface area contributed by atoms with Crippen molar-refractivity contribution < 1.29 is 5.11 Å². The highest BCUT2D eigenvalue weighted by molar-refractivity contribution is 5.01. The molecule has 0 aliphatic carbocycles. The molecular weight excluding hydrogens is 178 g/mol. The number of hydrogen-bond donors (Lipinski definition) is 1. The smallest absolute Gasteiger partial charge is 0.0727 e. The predicted octanol–water partition coefficient (Wildman–Crippen LogP) is 0.209. The second kappa shape index (κ2) is 4.02. The van der Waals surface area contributed by atoms with Gasteiger partial charge in [-0.3, -0.25) is 14.9 Å². The fourth-order valence-corrected chi connectivity index (χ4v) is 1.65. The number of hydrogen-bond acceptors (Lipinski definition) is 4. The number of aryl methyl sites for hydroxylation is 1. The Hall–Kier alpha value is -1.00. The second-order valence-electron chi connectivity index (χ2n) is 3.89. The molecule has 1 aromatic rings. The van der Waals surface area contributed by atoms with E-state index < -0.39 is 0 Å². The van der Waals surface area contributed by atoms with Crippen LogP contribution in [0.15, 0.2) is 12.4 Å². The molecule has 4 heteroatoms. The molecular formula is C10H15N3O. The Labute approximate surface area is 83.6 Å². The zero-order chi connectivity index (χ0) is 9.97. The minimum Gasteiger partial charge on any atom is -0.396 e. The van der Waals surface area contributed by atoms with Crippen molar-refractivity contribution in [3.05, 3.63) is 23.8 Å². The molecule has 1 aromatic heterocycles. The van der Waals surface area contributed by atoms with Crippen LogP contribution in [0.1, 0.15) is 11.4 Å². The molecule has 76 valence electrons. The Kier molecular flexibility index (Phi) is 2.74. The Morgan fingerprint density at radius 3 is 2.79 bits per heavy atom. The average molecular weight is 193 g/mol. The number of likely N-dealkylation sites (tertiary alicyclic amines) is 1. The van der Waals surface area contributed by atoms with Gasteiger partial charge >= 0.3 is 0 Å². The lowest BCUT2D eigenvalue weighted by molar-refractivity contribution is 0.0469. The molecule has 1 fully saturated rings. The first-order valence-corrected chi connectivity index (χ1v) is 4.88. The molecule has 14 heavy (non-hydrogen) atoms. The minimum absolute atomic E-state index is 0.302. The summed E-state index contributed by atoms with van der Waals surface area (Å²) in [5.74, 6) is 0.466. The van der Waals surface area contributed by atoms with Crippen molar-refractivity contribution in [3.63, 3.8) is 0 Å². The van der Waals surface area contributed by atoms with Crippen LogP contribution in [0, 0.1) is 12.8 Å². The van der Waals surface area contributed by atoms with E-state index in [4.69, 9.17) is 5.11 Å². The highest BCUT2D eigenvalue weighted by Gasteiger charge is 2.25. The summed E-state index contributed by atoms with van der Waals surface area (Å²) in [6, 6.07) is 0. The van der Waals surface area contributed by atoms with Gasteiger partial charge in [0.15, 0.2) is 0 Å². The lowest BCUT2D eigenvalue weighted by Crippen LogP contribution is -2.47. The van der Waals surface area contributed by atoms with Gasteiger partial charge in [0.25, 0.3) is 0 Å². The van der Waals surface area contributed by atoms with E-state index in [9.17, 15) is 0 Å². The largest absolute Gasteiger partial charge is 0.396 e. The van der Waals surface area contributed by atoms with Crippen LogP contribution in [0.4, 0.5) is 0 Å². The molecule has 0 bridgehead atoms. The summed E-state index contributed by atoms with van der Waals surface area (Å²) in [6.45, 7) is 5.04. The van der Waals surface area contributed by atoms with Gasteiger partial charge in [0.2, 0.25) is 0 Å². The van der Waals surface area contributed by atoms with Crippen LogP contribution >= 0.6 is 0 Å². The van der Waals surface area contributed by atoms with Gasteiger partial charge in [0, 0.05) is 44.6 Å². The minimum atomic E-state index is 0.302. The zero-order valence-electron chi connectivity index (χ0n) is 8.35. The Morgan fingerprint density at radius 1 is 1.43 bits per heavy atom. The van der Waals surface area contributed by atoms with E-state index in [-0.39, 0.29) is 0 Å². The van der Waals surface area contributed by atoms with Crippen molar-refractivity contribution in [1.82, 2.24) is 14.9 Å². The third kappa shape index (κ3) is 2.08. The van der Waals surface area contributed by atoms with E-state index in [0.29, 0.717) is 12.5 Å². The van der Waals surface area contributed by atoms with Crippen LogP contribution in [0.5, 0.6) is 0 Å². The SMILES string of the molecule is Cc1cnc(CN2CC(CO)C2)cn1. The summed E-state index contributed by atoms with van der Waals surface area (Å²) < 4.78 is 0. The summed E-state index contributed by atoms with van der Waals surface area (Å²) in [5.41, 5.74) is 1.96. The summed E-state index contributed by atoms with van der Waals surface area (Å²) in [6.07, 6.45) is 3.61.